The monoisotopic (exact) mass is 302 g/mol. The van der Waals surface area contributed by atoms with Crippen LogP contribution < -0.4 is 5.32 Å². The lowest BCUT2D eigenvalue weighted by molar-refractivity contribution is 0.504. The Kier molecular flexibility index (Phi) is 4.85. The number of nitrogens with one attached hydrogen (secondary N) is 1. The molecule has 1 N–H and O–H groups in total. The van der Waals surface area contributed by atoms with Gasteiger partial charge >= 0.3 is 0 Å². The van der Waals surface area contributed by atoms with Crippen molar-refractivity contribution in [2.45, 2.75) is 19.4 Å². The molecule has 0 fully saturated rings. The van der Waals surface area contributed by atoms with E-state index in [1.165, 1.54) is 11.3 Å². The SMILES string of the molecule is CCNC(Cc1cncs1)c1cc(F)c(Cl)cc1F. The molecule has 102 valence electrons. The van der Waals surface area contributed by atoms with Crippen molar-refractivity contribution >= 4 is 22.9 Å². The summed E-state index contributed by atoms with van der Waals surface area (Å²) in [5.41, 5.74) is 2.01. The molecule has 1 unspecified atom stereocenters. The number of benzene rings is 1. The molecule has 1 aromatic heterocycles. The van der Waals surface area contributed by atoms with Gasteiger partial charge in [-0.2, -0.15) is 0 Å². The highest BCUT2D eigenvalue weighted by Crippen LogP contribution is 2.27. The topological polar surface area (TPSA) is 24.9 Å². The molecule has 0 spiro atoms. The molecule has 0 aliphatic heterocycles. The maximum atomic E-state index is 13.9. The van der Waals surface area contributed by atoms with Crippen molar-refractivity contribution in [2.24, 2.45) is 0 Å². The first-order valence-electron chi connectivity index (χ1n) is 5.87. The number of hydrogen-bond donors (Lipinski definition) is 1. The van der Waals surface area contributed by atoms with Crippen molar-refractivity contribution in [3.8, 4) is 0 Å². The largest absolute Gasteiger partial charge is 0.310 e. The van der Waals surface area contributed by atoms with Crippen LogP contribution in [0.1, 0.15) is 23.4 Å². The second kappa shape index (κ2) is 6.41. The summed E-state index contributed by atoms with van der Waals surface area (Å²) in [6, 6.07) is 1.88. The van der Waals surface area contributed by atoms with Gasteiger partial charge in [0.15, 0.2) is 0 Å². The van der Waals surface area contributed by atoms with Crippen molar-refractivity contribution in [2.75, 3.05) is 6.54 Å². The lowest BCUT2D eigenvalue weighted by Gasteiger charge is -2.18. The Bertz CT molecular complexity index is 546. The third-order valence-electron chi connectivity index (χ3n) is 2.75. The maximum absolute atomic E-state index is 13.9. The van der Waals surface area contributed by atoms with E-state index < -0.39 is 11.6 Å². The van der Waals surface area contributed by atoms with Gasteiger partial charge in [-0.3, -0.25) is 4.98 Å². The third kappa shape index (κ3) is 3.49. The molecule has 0 bridgehead atoms. The minimum Gasteiger partial charge on any atom is -0.310 e. The van der Waals surface area contributed by atoms with E-state index in [0.29, 0.717) is 13.0 Å². The van der Waals surface area contributed by atoms with E-state index in [0.717, 1.165) is 17.0 Å². The van der Waals surface area contributed by atoms with E-state index in [9.17, 15) is 8.78 Å². The van der Waals surface area contributed by atoms with Gasteiger partial charge in [0, 0.05) is 29.1 Å². The van der Waals surface area contributed by atoms with Crippen LogP contribution in [-0.2, 0) is 6.42 Å². The molecule has 2 rings (SSSR count). The number of nitrogens with zero attached hydrogens (tertiary/aromatic N) is 1. The highest BCUT2D eigenvalue weighted by Gasteiger charge is 2.18. The lowest BCUT2D eigenvalue weighted by Crippen LogP contribution is -2.24. The molecule has 0 saturated heterocycles. The average molecular weight is 303 g/mol. The molecule has 1 atom stereocenters. The predicted octanol–water partition coefficient (Wildman–Crippen LogP) is 3.97. The number of thiazole rings is 1. The fraction of sp³-hybridized carbons (Fsp3) is 0.308. The molecule has 0 radical (unpaired) electrons. The normalized spacial score (nSPS) is 12.6. The first kappa shape index (κ1) is 14.4. The fourth-order valence-corrected chi connectivity index (χ4v) is 2.68. The third-order valence-corrected chi connectivity index (χ3v) is 3.85. The molecular weight excluding hydrogens is 290 g/mol. The van der Waals surface area contributed by atoms with Gasteiger partial charge in [-0.25, -0.2) is 8.78 Å². The minimum atomic E-state index is -0.606. The Hall–Kier alpha value is -1.04. The molecule has 0 aliphatic rings. The molecule has 0 saturated carbocycles. The van der Waals surface area contributed by atoms with E-state index in [4.69, 9.17) is 11.6 Å². The molecule has 6 heteroatoms. The van der Waals surface area contributed by atoms with Crippen LogP contribution in [0.25, 0.3) is 0 Å². The lowest BCUT2D eigenvalue weighted by atomic mass is 10.0. The van der Waals surface area contributed by atoms with E-state index in [2.05, 4.69) is 10.3 Å². The standard InChI is InChI=1S/C13H13ClF2N2S/c1-2-18-13(3-8-6-17-7-19-8)9-4-12(16)10(14)5-11(9)15/h4-7,13,18H,2-3H2,1H3. The van der Waals surface area contributed by atoms with E-state index in [1.54, 1.807) is 11.7 Å². The Morgan fingerprint density at radius 2 is 2.16 bits per heavy atom. The summed E-state index contributed by atoms with van der Waals surface area (Å²) in [7, 11) is 0. The Morgan fingerprint density at radius 3 is 2.79 bits per heavy atom. The number of rotatable bonds is 5. The minimum absolute atomic E-state index is 0.200. The van der Waals surface area contributed by atoms with Gasteiger partial charge in [-0.05, 0) is 18.7 Å². The van der Waals surface area contributed by atoms with Gasteiger partial charge < -0.3 is 5.32 Å². The van der Waals surface area contributed by atoms with E-state index >= 15 is 0 Å². The van der Waals surface area contributed by atoms with Crippen LogP contribution >= 0.6 is 22.9 Å². The second-order valence-electron chi connectivity index (χ2n) is 4.07. The van der Waals surface area contributed by atoms with Gasteiger partial charge in [0.2, 0.25) is 0 Å². The first-order valence-corrected chi connectivity index (χ1v) is 7.12. The highest BCUT2D eigenvalue weighted by atomic mass is 35.5. The maximum Gasteiger partial charge on any atom is 0.142 e. The zero-order valence-corrected chi connectivity index (χ0v) is 11.9. The van der Waals surface area contributed by atoms with Crippen molar-refractivity contribution < 1.29 is 8.78 Å². The van der Waals surface area contributed by atoms with E-state index in [-0.39, 0.29) is 16.6 Å². The summed E-state index contributed by atoms with van der Waals surface area (Å²) in [6.07, 6.45) is 2.30. The van der Waals surface area contributed by atoms with E-state index in [1.807, 2.05) is 6.92 Å². The second-order valence-corrected chi connectivity index (χ2v) is 5.45. The van der Waals surface area contributed by atoms with Crippen molar-refractivity contribution in [3.05, 3.63) is 50.9 Å². The molecule has 2 aromatic rings. The summed E-state index contributed by atoms with van der Waals surface area (Å²) in [5.74, 6) is -1.10. The number of aromatic nitrogens is 1. The van der Waals surface area contributed by atoms with Crippen LogP contribution in [0.3, 0.4) is 0 Å². The smallest absolute Gasteiger partial charge is 0.142 e. The van der Waals surface area contributed by atoms with Crippen molar-refractivity contribution in [1.29, 1.82) is 0 Å². The molecular formula is C13H13ClF2N2S. The quantitative estimate of drug-likeness (QED) is 0.845. The molecule has 19 heavy (non-hydrogen) atoms. The molecule has 1 aromatic carbocycles. The van der Waals surface area contributed by atoms with Crippen LogP contribution in [0.15, 0.2) is 23.8 Å². The zero-order valence-electron chi connectivity index (χ0n) is 10.3. The number of halogens is 3. The first-order chi connectivity index (χ1) is 9.11. The summed E-state index contributed by atoms with van der Waals surface area (Å²) in [4.78, 5) is 5.00. The van der Waals surface area contributed by atoms with Crippen LogP contribution in [0, 0.1) is 11.6 Å². The van der Waals surface area contributed by atoms with Gasteiger partial charge in [0.05, 0.1) is 10.5 Å². The number of hydrogen-bond acceptors (Lipinski definition) is 3. The molecule has 0 amide bonds. The average Bonchev–Trinajstić information content (AvgIpc) is 2.86. The van der Waals surface area contributed by atoms with Gasteiger partial charge in [-0.1, -0.05) is 18.5 Å². The van der Waals surface area contributed by atoms with Crippen LogP contribution in [0.5, 0.6) is 0 Å². The fourth-order valence-electron chi connectivity index (χ4n) is 1.89. The number of likely N-dealkylation sites (N-methyl/N-ethyl adjacent to an activating group) is 1. The van der Waals surface area contributed by atoms with Crippen LogP contribution in [0.2, 0.25) is 5.02 Å². The summed E-state index contributed by atoms with van der Waals surface area (Å²) in [6.45, 7) is 2.58. The Morgan fingerprint density at radius 1 is 1.37 bits per heavy atom. The summed E-state index contributed by atoms with van der Waals surface area (Å²) < 4.78 is 27.4. The van der Waals surface area contributed by atoms with Crippen LogP contribution in [0.4, 0.5) is 8.78 Å². The Labute approximate surface area is 119 Å². The van der Waals surface area contributed by atoms with Gasteiger partial charge in [-0.15, -0.1) is 11.3 Å². The summed E-state index contributed by atoms with van der Waals surface area (Å²) >= 11 is 7.06. The van der Waals surface area contributed by atoms with Crippen molar-refractivity contribution in [3.63, 3.8) is 0 Å². The Balaban J connectivity index is 2.30. The van der Waals surface area contributed by atoms with Crippen LogP contribution in [-0.4, -0.2) is 11.5 Å². The van der Waals surface area contributed by atoms with Gasteiger partial charge in [0.1, 0.15) is 11.6 Å². The molecule has 2 nitrogen and oxygen atoms in total. The molecule has 0 aliphatic carbocycles. The highest BCUT2D eigenvalue weighted by molar-refractivity contribution is 7.09. The zero-order chi connectivity index (χ0) is 13.8. The van der Waals surface area contributed by atoms with Gasteiger partial charge in [0.25, 0.3) is 0 Å². The van der Waals surface area contributed by atoms with Crippen molar-refractivity contribution in [1.82, 2.24) is 10.3 Å². The predicted molar refractivity (Wildman–Crippen MR) is 73.6 cm³/mol. The summed E-state index contributed by atoms with van der Waals surface area (Å²) in [5, 5.41) is 2.95. The molecule has 1 heterocycles.